The smallest absolute Gasteiger partial charge is 0.225 e. The van der Waals surface area contributed by atoms with Crippen molar-refractivity contribution in [3.63, 3.8) is 0 Å². The fourth-order valence-corrected chi connectivity index (χ4v) is 2.28. The lowest BCUT2D eigenvalue weighted by atomic mass is 9.95. The topological polar surface area (TPSA) is 69.6 Å². The summed E-state index contributed by atoms with van der Waals surface area (Å²) < 4.78 is 0. The van der Waals surface area contributed by atoms with E-state index in [4.69, 9.17) is 5.11 Å². The standard InChI is InChI=1S/C14H26N2O3/c1-4-10(2)14(19)16-7-5-6-12(8-16)13(18)15-11(3)9-17/h10-12,17H,4-9H2,1-3H3,(H,15,18). The third-order valence-corrected chi connectivity index (χ3v) is 3.80. The van der Waals surface area contributed by atoms with Crippen molar-refractivity contribution in [1.29, 1.82) is 0 Å². The van der Waals surface area contributed by atoms with Gasteiger partial charge in [-0.2, -0.15) is 0 Å². The molecule has 1 rings (SSSR count). The number of carbonyl (C=O) groups is 2. The van der Waals surface area contributed by atoms with E-state index < -0.39 is 0 Å². The number of aliphatic hydroxyl groups is 1. The molecule has 0 saturated carbocycles. The van der Waals surface area contributed by atoms with Crippen LogP contribution in [-0.2, 0) is 9.59 Å². The van der Waals surface area contributed by atoms with Crippen molar-refractivity contribution in [2.75, 3.05) is 19.7 Å². The molecule has 2 N–H and O–H groups in total. The van der Waals surface area contributed by atoms with Gasteiger partial charge in [-0.1, -0.05) is 13.8 Å². The third kappa shape index (κ3) is 4.49. The van der Waals surface area contributed by atoms with Gasteiger partial charge in [0.15, 0.2) is 0 Å². The molecule has 1 saturated heterocycles. The molecule has 0 spiro atoms. The molecule has 2 amide bonds. The van der Waals surface area contributed by atoms with E-state index in [2.05, 4.69) is 5.32 Å². The molecule has 3 unspecified atom stereocenters. The largest absolute Gasteiger partial charge is 0.394 e. The first-order chi connectivity index (χ1) is 8.99. The maximum absolute atomic E-state index is 12.1. The first-order valence-electron chi connectivity index (χ1n) is 7.19. The minimum atomic E-state index is -0.229. The predicted octanol–water partition coefficient (Wildman–Crippen LogP) is 0.768. The van der Waals surface area contributed by atoms with Gasteiger partial charge in [0.2, 0.25) is 11.8 Å². The second kappa shape index (κ2) is 7.48. The summed E-state index contributed by atoms with van der Waals surface area (Å²) >= 11 is 0. The van der Waals surface area contributed by atoms with E-state index in [1.54, 1.807) is 6.92 Å². The summed E-state index contributed by atoms with van der Waals surface area (Å²) in [4.78, 5) is 26.0. The molecule has 5 nitrogen and oxygen atoms in total. The van der Waals surface area contributed by atoms with Crippen LogP contribution in [-0.4, -0.2) is 47.6 Å². The summed E-state index contributed by atoms with van der Waals surface area (Å²) in [6, 6.07) is -0.229. The minimum Gasteiger partial charge on any atom is -0.394 e. The number of likely N-dealkylation sites (tertiary alicyclic amines) is 1. The molecule has 1 fully saturated rings. The molecular formula is C14H26N2O3. The van der Waals surface area contributed by atoms with Crippen molar-refractivity contribution >= 4 is 11.8 Å². The van der Waals surface area contributed by atoms with E-state index >= 15 is 0 Å². The zero-order valence-electron chi connectivity index (χ0n) is 12.2. The van der Waals surface area contributed by atoms with Crippen molar-refractivity contribution in [3.05, 3.63) is 0 Å². The van der Waals surface area contributed by atoms with Gasteiger partial charge in [-0.05, 0) is 26.2 Å². The van der Waals surface area contributed by atoms with Crippen LogP contribution in [0.3, 0.4) is 0 Å². The van der Waals surface area contributed by atoms with Crippen LogP contribution >= 0.6 is 0 Å². The van der Waals surface area contributed by atoms with E-state index in [0.717, 1.165) is 25.8 Å². The molecule has 1 aliphatic rings. The number of piperidine rings is 1. The Morgan fingerprint density at radius 1 is 1.42 bits per heavy atom. The van der Waals surface area contributed by atoms with Crippen LogP contribution in [0.2, 0.25) is 0 Å². The van der Waals surface area contributed by atoms with Gasteiger partial charge in [-0.3, -0.25) is 9.59 Å². The second-order valence-corrected chi connectivity index (χ2v) is 5.52. The highest BCUT2D eigenvalue weighted by molar-refractivity contribution is 5.82. The quantitative estimate of drug-likeness (QED) is 0.775. The fourth-order valence-electron chi connectivity index (χ4n) is 2.28. The number of amides is 2. The zero-order valence-corrected chi connectivity index (χ0v) is 12.2. The zero-order chi connectivity index (χ0) is 14.4. The SMILES string of the molecule is CCC(C)C(=O)N1CCCC(C(=O)NC(C)CO)C1. The monoisotopic (exact) mass is 270 g/mol. The van der Waals surface area contributed by atoms with Gasteiger partial charge in [-0.25, -0.2) is 0 Å². The van der Waals surface area contributed by atoms with Crippen molar-refractivity contribution in [2.24, 2.45) is 11.8 Å². The summed E-state index contributed by atoms with van der Waals surface area (Å²) in [5.74, 6) is -0.0210. The molecule has 5 heteroatoms. The number of hydrogen-bond donors (Lipinski definition) is 2. The molecule has 1 aliphatic heterocycles. The molecule has 0 aliphatic carbocycles. The van der Waals surface area contributed by atoms with E-state index in [0.29, 0.717) is 6.54 Å². The second-order valence-electron chi connectivity index (χ2n) is 5.52. The highest BCUT2D eigenvalue weighted by Crippen LogP contribution is 2.19. The Morgan fingerprint density at radius 3 is 2.68 bits per heavy atom. The minimum absolute atomic E-state index is 0.0261. The number of nitrogens with one attached hydrogen (secondary N) is 1. The average Bonchev–Trinajstić information content (AvgIpc) is 2.45. The van der Waals surface area contributed by atoms with Crippen LogP contribution in [0.1, 0.15) is 40.0 Å². The summed E-state index contributed by atoms with van der Waals surface area (Å²) in [7, 11) is 0. The van der Waals surface area contributed by atoms with Crippen molar-refractivity contribution in [3.8, 4) is 0 Å². The Hall–Kier alpha value is -1.10. The number of aliphatic hydroxyl groups excluding tert-OH is 1. The van der Waals surface area contributed by atoms with Gasteiger partial charge in [0, 0.05) is 25.0 Å². The van der Waals surface area contributed by atoms with Crippen LogP contribution in [0, 0.1) is 11.8 Å². The van der Waals surface area contributed by atoms with Crippen LogP contribution in [0.4, 0.5) is 0 Å². The lowest BCUT2D eigenvalue weighted by molar-refractivity contribution is -0.139. The van der Waals surface area contributed by atoms with Gasteiger partial charge < -0.3 is 15.3 Å². The highest BCUT2D eigenvalue weighted by Gasteiger charge is 2.30. The Balaban J connectivity index is 2.54. The van der Waals surface area contributed by atoms with Gasteiger partial charge in [-0.15, -0.1) is 0 Å². The van der Waals surface area contributed by atoms with Crippen molar-refractivity contribution in [1.82, 2.24) is 10.2 Å². The summed E-state index contributed by atoms with van der Waals surface area (Å²) in [6.07, 6.45) is 2.51. The van der Waals surface area contributed by atoms with Gasteiger partial charge in [0.25, 0.3) is 0 Å². The molecule has 0 aromatic carbocycles. The van der Waals surface area contributed by atoms with E-state index in [1.807, 2.05) is 18.7 Å². The number of rotatable bonds is 5. The first-order valence-corrected chi connectivity index (χ1v) is 7.19. The molecule has 19 heavy (non-hydrogen) atoms. The van der Waals surface area contributed by atoms with Crippen LogP contribution in [0.15, 0.2) is 0 Å². The maximum Gasteiger partial charge on any atom is 0.225 e. The molecular weight excluding hydrogens is 244 g/mol. The fraction of sp³-hybridized carbons (Fsp3) is 0.857. The van der Waals surface area contributed by atoms with Crippen LogP contribution < -0.4 is 5.32 Å². The Morgan fingerprint density at radius 2 is 2.11 bits per heavy atom. The van der Waals surface area contributed by atoms with Crippen molar-refractivity contribution in [2.45, 2.75) is 46.1 Å². The van der Waals surface area contributed by atoms with Crippen molar-refractivity contribution < 1.29 is 14.7 Å². The van der Waals surface area contributed by atoms with Gasteiger partial charge in [0.05, 0.1) is 12.5 Å². The van der Waals surface area contributed by atoms with Gasteiger partial charge in [0.1, 0.15) is 0 Å². The Labute approximate surface area is 115 Å². The lowest BCUT2D eigenvalue weighted by Crippen LogP contribution is -2.48. The normalized spacial score (nSPS) is 22.7. The highest BCUT2D eigenvalue weighted by atomic mass is 16.3. The van der Waals surface area contributed by atoms with Gasteiger partial charge >= 0.3 is 0 Å². The third-order valence-electron chi connectivity index (χ3n) is 3.80. The Kier molecular flexibility index (Phi) is 6.28. The average molecular weight is 270 g/mol. The summed E-state index contributed by atoms with van der Waals surface area (Å²) in [6.45, 7) is 6.89. The summed E-state index contributed by atoms with van der Waals surface area (Å²) in [5, 5.41) is 11.7. The predicted molar refractivity (Wildman–Crippen MR) is 73.4 cm³/mol. The molecule has 0 radical (unpaired) electrons. The van der Waals surface area contributed by atoms with E-state index in [-0.39, 0.29) is 36.3 Å². The molecule has 3 atom stereocenters. The number of nitrogens with zero attached hydrogens (tertiary/aromatic N) is 1. The van der Waals surface area contributed by atoms with Crippen LogP contribution in [0.25, 0.3) is 0 Å². The molecule has 110 valence electrons. The number of hydrogen-bond acceptors (Lipinski definition) is 3. The van der Waals surface area contributed by atoms with E-state index in [1.165, 1.54) is 0 Å². The molecule has 0 bridgehead atoms. The van der Waals surface area contributed by atoms with E-state index in [9.17, 15) is 9.59 Å². The first kappa shape index (κ1) is 16.0. The molecule has 0 aromatic rings. The maximum atomic E-state index is 12.1. The van der Waals surface area contributed by atoms with Crippen LogP contribution in [0.5, 0.6) is 0 Å². The number of carbonyl (C=O) groups excluding carboxylic acids is 2. The molecule has 0 aromatic heterocycles. The Bertz CT molecular complexity index is 320. The summed E-state index contributed by atoms with van der Waals surface area (Å²) in [5.41, 5.74) is 0. The molecule has 1 heterocycles. The lowest BCUT2D eigenvalue weighted by Gasteiger charge is -2.34.